The van der Waals surface area contributed by atoms with Gasteiger partial charge < -0.3 is 19.7 Å². The molecule has 0 aliphatic heterocycles. The standard InChI is InChI=1S/C18H22ClN3O3/c1-25-14-3-2-13(15(19)9-14)8-18(24)21-16-6-12(7-17(16)23)10-22-5-4-20-11-22/h2-5,9,11-12,16-17,23H,6-8,10H2,1H3,(H,21,24)/t12?,16-,17-/m1/s1. The molecule has 1 saturated carbocycles. The average Bonchev–Trinajstić information content (AvgIpc) is 3.20. The van der Waals surface area contributed by atoms with Crippen molar-refractivity contribution in [1.82, 2.24) is 14.9 Å². The smallest absolute Gasteiger partial charge is 0.224 e. The third kappa shape index (κ3) is 4.52. The van der Waals surface area contributed by atoms with Crippen LogP contribution in [0.1, 0.15) is 18.4 Å². The van der Waals surface area contributed by atoms with Crippen LogP contribution in [0.2, 0.25) is 5.02 Å². The minimum absolute atomic E-state index is 0.139. The lowest BCUT2D eigenvalue weighted by Gasteiger charge is -2.17. The van der Waals surface area contributed by atoms with E-state index in [2.05, 4.69) is 10.3 Å². The SMILES string of the molecule is COc1ccc(CC(=O)N[C@@H]2CC(Cn3ccnc3)C[C@H]2O)c(Cl)c1. The van der Waals surface area contributed by atoms with Crippen LogP contribution in [0.3, 0.4) is 0 Å². The number of ether oxygens (including phenoxy) is 1. The van der Waals surface area contributed by atoms with Crippen molar-refractivity contribution < 1.29 is 14.6 Å². The van der Waals surface area contributed by atoms with Crippen molar-refractivity contribution in [3.8, 4) is 5.75 Å². The highest BCUT2D eigenvalue weighted by Crippen LogP contribution is 2.28. The molecule has 1 amide bonds. The van der Waals surface area contributed by atoms with Gasteiger partial charge in [-0.15, -0.1) is 0 Å². The van der Waals surface area contributed by atoms with Crippen LogP contribution in [0.25, 0.3) is 0 Å². The zero-order valence-electron chi connectivity index (χ0n) is 14.1. The number of aromatic nitrogens is 2. The number of halogens is 1. The first-order chi connectivity index (χ1) is 12.0. The maximum Gasteiger partial charge on any atom is 0.224 e. The second-order valence-corrected chi connectivity index (χ2v) is 6.88. The Hall–Kier alpha value is -2.05. The number of nitrogens with zero attached hydrogens (tertiary/aromatic N) is 2. The summed E-state index contributed by atoms with van der Waals surface area (Å²) in [6.07, 6.45) is 6.49. The van der Waals surface area contributed by atoms with E-state index in [1.165, 1.54) is 0 Å². The number of hydrogen-bond donors (Lipinski definition) is 2. The Morgan fingerprint density at radius 1 is 1.48 bits per heavy atom. The molecule has 0 spiro atoms. The highest BCUT2D eigenvalue weighted by molar-refractivity contribution is 6.31. The minimum Gasteiger partial charge on any atom is -0.497 e. The average molecular weight is 364 g/mol. The molecule has 1 aromatic carbocycles. The van der Waals surface area contributed by atoms with Gasteiger partial charge in [-0.25, -0.2) is 4.98 Å². The highest BCUT2D eigenvalue weighted by Gasteiger charge is 2.34. The lowest BCUT2D eigenvalue weighted by atomic mass is 10.1. The Morgan fingerprint density at radius 3 is 3.00 bits per heavy atom. The largest absolute Gasteiger partial charge is 0.497 e. The number of methoxy groups -OCH3 is 1. The summed E-state index contributed by atoms with van der Waals surface area (Å²) in [5, 5.41) is 13.7. The van der Waals surface area contributed by atoms with E-state index < -0.39 is 6.10 Å². The molecule has 0 radical (unpaired) electrons. The van der Waals surface area contributed by atoms with Gasteiger partial charge in [0, 0.05) is 24.0 Å². The fourth-order valence-corrected chi connectivity index (χ4v) is 3.58. The molecule has 7 heteroatoms. The summed E-state index contributed by atoms with van der Waals surface area (Å²) in [5.74, 6) is 0.834. The molecule has 1 heterocycles. The van der Waals surface area contributed by atoms with Crippen LogP contribution in [-0.2, 0) is 17.8 Å². The predicted octanol–water partition coefficient (Wildman–Crippen LogP) is 2.04. The van der Waals surface area contributed by atoms with Crippen molar-refractivity contribution in [2.75, 3.05) is 7.11 Å². The van der Waals surface area contributed by atoms with E-state index in [0.29, 0.717) is 23.1 Å². The van der Waals surface area contributed by atoms with Gasteiger partial charge in [-0.1, -0.05) is 17.7 Å². The number of hydrogen-bond acceptors (Lipinski definition) is 4. The Labute approximate surface area is 151 Å². The summed E-state index contributed by atoms with van der Waals surface area (Å²) in [6, 6.07) is 5.03. The molecule has 1 aliphatic carbocycles. The van der Waals surface area contributed by atoms with E-state index in [9.17, 15) is 9.90 Å². The van der Waals surface area contributed by atoms with Crippen LogP contribution in [0.15, 0.2) is 36.9 Å². The molecule has 25 heavy (non-hydrogen) atoms. The van der Waals surface area contributed by atoms with Gasteiger partial charge in [-0.05, 0) is 36.5 Å². The van der Waals surface area contributed by atoms with Crippen molar-refractivity contribution in [2.45, 2.75) is 38.0 Å². The molecule has 0 bridgehead atoms. The van der Waals surface area contributed by atoms with Crippen LogP contribution >= 0.6 is 11.6 Å². The van der Waals surface area contributed by atoms with E-state index in [1.54, 1.807) is 37.8 Å². The number of benzene rings is 1. The molecule has 1 fully saturated rings. The number of aliphatic hydroxyl groups excluding tert-OH is 1. The van der Waals surface area contributed by atoms with Gasteiger partial charge in [0.15, 0.2) is 0 Å². The van der Waals surface area contributed by atoms with Crippen LogP contribution < -0.4 is 10.1 Å². The molecule has 1 aromatic heterocycles. The number of aliphatic hydroxyl groups is 1. The fourth-order valence-electron chi connectivity index (χ4n) is 3.34. The Kier molecular flexibility index (Phi) is 5.60. The summed E-state index contributed by atoms with van der Waals surface area (Å²) in [5.41, 5.74) is 0.738. The summed E-state index contributed by atoms with van der Waals surface area (Å²) < 4.78 is 7.11. The number of carbonyl (C=O) groups excluding carboxylic acids is 1. The number of imidazole rings is 1. The van der Waals surface area contributed by atoms with Crippen molar-refractivity contribution in [3.63, 3.8) is 0 Å². The van der Waals surface area contributed by atoms with Crippen LogP contribution in [0, 0.1) is 5.92 Å². The molecular weight excluding hydrogens is 342 g/mol. The molecule has 6 nitrogen and oxygen atoms in total. The summed E-state index contributed by atoms with van der Waals surface area (Å²) in [6.45, 7) is 0.799. The molecule has 1 unspecified atom stereocenters. The lowest BCUT2D eigenvalue weighted by molar-refractivity contribution is -0.121. The normalized spacial score (nSPS) is 22.8. The zero-order valence-corrected chi connectivity index (χ0v) is 14.8. The van der Waals surface area contributed by atoms with Gasteiger partial charge >= 0.3 is 0 Å². The monoisotopic (exact) mass is 363 g/mol. The van der Waals surface area contributed by atoms with Crippen LogP contribution in [0.5, 0.6) is 5.75 Å². The molecule has 0 saturated heterocycles. The first kappa shape index (κ1) is 17.8. The van der Waals surface area contributed by atoms with E-state index in [0.717, 1.165) is 18.5 Å². The third-order valence-corrected chi connectivity index (χ3v) is 4.96. The van der Waals surface area contributed by atoms with Gasteiger partial charge in [-0.3, -0.25) is 4.79 Å². The van der Waals surface area contributed by atoms with Crippen molar-refractivity contribution in [1.29, 1.82) is 0 Å². The Balaban J connectivity index is 1.54. The molecular formula is C18H22ClN3O3. The molecule has 134 valence electrons. The number of nitrogens with one attached hydrogen (secondary N) is 1. The van der Waals surface area contributed by atoms with Gasteiger partial charge in [-0.2, -0.15) is 0 Å². The Bertz CT molecular complexity index is 720. The maximum atomic E-state index is 12.3. The third-order valence-electron chi connectivity index (χ3n) is 4.61. The second-order valence-electron chi connectivity index (χ2n) is 6.47. The van der Waals surface area contributed by atoms with E-state index in [4.69, 9.17) is 16.3 Å². The molecule has 1 aliphatic rings. The number of rotatable bonds is 6. The van der Waals surface area contributed by atoms with E-state index in [-0.39, 0.29) is 18.4 Å². The minimum atomic E-state index is -0.524. The Morgan fingerprint density at radius 2 is 2.32 bits per heavy atom. The van der Waals surface area contributed by atoms with E-state index in [1.807, 2.05) is 10.8 Å². The summed E-state index contributed by atoms with van der Waals surface area (Å²) in [4.78, 5) is 16.3. The second kappa shape index (κ2) is 7.89. The topological polar surface area (TPSA) is 76.4 Å². The fraction of sp³-hybridized carbons (Fsp3) is 0.444. The van der Waals surface area contributed by atoms with Gasteiger partial charge in [0.25, 0.3) is 0 Å². The van der Waals surface area contributed by atoms with Crippen LogP contribution in [0.4, 0.5) is 0 Å². The van der Waals surface area contributed by atoms with Gasteiger partial charge in [0.05, 0.1) is 32.0 Å². The number of carbonyl (C=O) groups is 1. The predicted molar refractivity (Wildman–Crippen MR) is 94.6 cm³/mol. The highest BCUT2D eigenvalue weighted by atomic mass is 35.5. The molecule has 3 atom stereocenters. The van der Waals surface area contributed by atoms with Crippen molar-refractivity contribution >= 4 is 17.5 Å². The van der Waals surface area contributed by atoms with E-state index >= 15 is 0 Å². The first-order valence-corrected chi connectivity index (χ1v) is 8.68. The first-order valence-electron chi connectivity index (χ1n) is 8.30. The molecule has 3 rings (SSSR count). The van der Waals surface area contributed by atoms with Crippen molar-refractivity contribution in [3.05, 3.63) is 47.5 Å². The van der Waals surface area contributed by atoms with Gasteiger partial charge in [0.1, 0.15) is 5.75 Å². The molecule has 2 N–H and O–H groups in total. The quantitative estimate of drug-likeness (QED) is 0.823. The lowest BCUT2D eigenvalue weighted by Crippen LogP contribution is -2.40. The maximum absolute atomic E-state index is 12.3. The summed E-state index contributed by atoms with van der Waals surface area (Å²) >= 11 is 6.18. The van der Waals surface area contributed by atoms with Crippen LogP contribution in [-0.4, -0.2) is 39.8 Å². The van der Waals surface area contributed by atoms with Crippen molar-refractivity contribution in [2.24, 2.45) is 5.92 Å². The molecule has 2 aromatic rings. The summed E-state index contributed by atoms with van der Waals surface area (Å²) in [7, 11) is 1.57. The zero-order chi connectivity index (χ0) is 17.8. The van der Waals surface area contributed by atoms with Gasteiger partial charge in [0.2, 0.25) is 5.91 Å². The number of amides is 1.